The van der Waals surface area contributed by atoms with Crippen LogP contribution in [0.4, 0.5) is 0 Å². The summed E-state index contributed by atoms with van der Waals surface area (Å²) in [6.45, 7) is 0.433. The molecule has 172 valence electrons. The first kappa shape index (κ1) is 23.3. The predicted molar refractivity (Wildman–Crippen MR) is 130 cm³/mol. The standard InChI is InChI=1S/C24H23NO6S2/c1-30-32(26)14-4-13-31-19-10-8-18(9-11-19)24-21-12-7-17(16-33(27,28)29)15-22(21)20-5-2-3-6-23(20)25-24/h2-3,5-12,15H,4,13-14,16H2,1H3,(H,27,28,29). The van der Waals surface area contributed by atoms with Crippen molar-refractivity contribution in [2.24, 2.45) is 0 Å². The van der Waals surface area contributed by atoms with Gasteiger partial charge in [-0.3, -0.25) is 8.74 Å². The van der Waals surface area contributed by atoms with Gasteiger partial charge in [0.05, 0.1) is 30.7 Å². The Bertz CT molecular complexity index is 1420. The van der Waals surface area contributed by atoms with Gasteiger partial charge in [-0.1, -0.05) is 30.3 Å². The molecule has 1 atom stereocenters. The van der Waals surface area contributed by atoms with E-state index in [-0.39, 0.29) is 0 Å². The molecule has 33 heavy (non-hydrogen) atoms. The maximum atomic E-state index is 11.4. The molecular weight excluding hydrogens is 462 g/mol. The lowest BCUT2D eigenvalue weighted by Gasteiger charge is -2.12. The van der Waals surface area contributed by atoms with Gasteiger partial charge in [0.2, 0.25) is 0 Å². The van der Waals surface area contributed by atoms with E-state index in [0.29, 0.717) is 30.1 Å². The summed E-state index contributed by atoms with van der Waals surface area (Å²) in [7, 11) is -2.72. The van der Waals surface area contributed by atoms with Gasteiger partial charge < -0.3 is 4.74 Å². The summed E-state index contributed by atoms with van der Waals surface area (Å²) >= 11 is -1.28. The second-order valence-corrected chi connectivity index (χ2v) is 10.3. The van der Waals surface area contributed by atoms with Crippen molar-refractivity contribution in [1.29, 1.82) is 0 Å². The number of pyridine rings is 1. The van der Waals surface area contributed by atoms with Crippen LogP contribution in [0.25, 0.3) is 32.9 Å². The highest BCUT2D eigenvalue weighted by molar-refractivity contribution is 7.85. The fourth-order valence-electron chi connectivity index (χ4n) is 3.68. The van der Waals surface area contributed by atoms with E-state index in [4.69, 9.17) is 13.9 Å². The Hall–Kier alpha value is -2.85. The zero-order valence-electron chi connectivity index (χ0n) is 17.9. The van der Waals surface area contributed by atoms with Gasteiger partial charge in [0.15, 0.2) is 11.1 Å². The topological polar surface area (TPSA) is 103 Å². The third kappa shape index (κ3) is 5.75. The summed E-state index contributed by atoms with van der Waals surface area (Å²) in [5, 5.41) is 2.65. The molecule has 1 aromatic heterocycles. The number of benzene rings is 3. The zero-order chi connectivity index (χ0) is 23.4. The number of rotatable bonds is 9. The fraction of sp³-hybridized carbons (Fsp3) is 0.208. The molecule has 4 aromatic rings. The van der Waals surface area contributed by atoms with Crippen LogP contribution in [0.1, 0.15) is 12.0 Å². The minimum Gasteiger partial charge on any atom is -0.494 e. The fourth-order valence-corrected chi connectivity index (χ4v) is 4.80. The van der Waals surface area contributed by atoms with Crippen LogP contribution in [-0.4, -0.2) is 41.6 Å². The van der Waals surface area contributed by atoms with E-state index in [1.54, 1.807) is 12.1 Å². The number of para-hydroxylation sites is 1. The summed E-state index contributed by atoms with van der Waals surface area (Å²) in [4.78, 5) is 4.86. The van der Waals surface area contributed by atoms with E-state index in [2.05, 4.69) is 0 Å². The third-order valence-corrected chi connectivity index (χ3v) is 6.84. The molecule has 0 saturated heterocycles. The van der Waals surface area contributed by atoms with Crippen molar-refractivity contribution in [1.82, 2.24) is 4.98 Å². The number of ether oxygens (including phenoxy) is 1. The van der Waals surface area contributed by atoms with Crippen LogP contribution in [0.2, 0.25) is 0 Å². The molecule has 1 unspecified atom stereocenters. The second-order valence-electron chi connectivity index (χ2n) is 7.48. The highest BCUT2D eigenvalue weighted by Crippen LogP contribution is 2.34. The molecule has 0 radical (unpaired) electrons. The molecular formula is C24H23NO6S2. The molecule has 0 aliphatic heterocycles. The van der Waals surface area contributed by atoms with Crippen LogP contribution in [-0.2, 0) is 31.1 Å². The molecule has 7 nitrogen and oxygen atoms in total. The van der Waals surface area contributed by atoms with E-state index in [0.717, 1.165) is 32.9 Å². The van der Waals surface area contributed by atoms with E-state index >= 15 is 0 Å². The average Bonchev–Trinajstić information content (AvgIpc) is 2.80. The SMILES string of the molecule is COS(=O)CCCOc1ccc(-c2nc3ccccc3c3cc(CS(=O)(=O)O)ccc23)cc1. The van der Waals surface area contributed by atoms with Crippen LogP contribution in [0.15, 0.2) is 66.7 Å². The van der Waals surface area contributed by atoms with Crippen LogP contribution in [0.3, 0.4) is 0 Å². The highest BCUT2D eigenvalue weighted by Gasteiger charge is 2.13. The molecule has 0 aliphatic carbocycles. The number of fused-ring (bicyclic) bond motifs is 3. The monoisotopic (exact) mass is 485 g/mol. The van der Waals surface area contributed by atoms with Crippen LogP contribution in [0, 0.1) is 0 Å². The Labute approximate surface area is 194 Å². The zero-order valence-corrected chi connectivity index (χ0v) is 19.6. The summed E-state index contributed by atoms with van der Waals surface area (Å²) < 4.78 is 53.8. The van der Waals surface area contributed by atoms with Crippen LogP contribution >= 0.6 is 0 Å². The second kappa shape index (κ2) is 9.96. The Morgan fingerprint density at radius 2 is 1.73 bits per heavy atom. The molecule has 0 fully saturated rings. The minimum atomic E-state index is -4.14. The summed E-state index contributed by atoms with van der Waals surface area (Å²) in [5.74, 6) is 0.669. The lowest BCUT2D eigenvalue weighted by atomic mass is 9.98. The Kier molecular flexibility index (Phi) is 7.04. The molecule has 4 rings (SSSR count). The predicted octanol–water partition coefficient (Wildman–Crippen LogP) is 4.52. The number of aromatic nitrogens is 1. The smallest absolute Gasteiger partial charge is 0.269 e. The maximum Gasteiger partial charge on any atom is 0.269 e. The van der Waals surface area contributed by atoms with Gasteiger partial charge >= 0.3 is 0 Å². The first-order chi connectivity index (χ1) is 15.8. The van der Waals surface area contributed by atoms with Crippen LogP contribution in [0.5, 0.6) is 5.75 Å². The van der Waals surface area contributed by atoms with Crippen molar-refractivity contribution in [3.05, 3.63) is 72.3 Å². The summed E-state index contributed by atoms with van der Waals surface area (Å²) in [5.41, 5.74) is 2.95. The van der Waals surface area contributed by atoms with Gasteiger partial charge in [0.25, 0.3) is 10.1 Å². The van der Waals surface area contributed by atoms with E-state index in [9.17, 15) is 17.2 Å². The van der Waals surface area contributed by atoms with Gasteiger partial charge in [0.1, 0.15) is 11.5 Å². The van der Waals surface area contributed by atoms with Gasteiger partial charge in [-0.2, -0.15) is 8.42 Å². The summed E-state index contributed by atoms with van der Waals surface area (Å²) in [6, 6.07) is 20.6. The van der Waals surface area contributed by atoms with Crippen LogP contribution < -0.4 is 4.74 Å². The van der Waals surface area contributed by atoms with Crippen molar-refractivity contribution in [2.75, 3.05) is 19.5 Å². The molecule has 1 heterocycles. The maximum absolute atomic E-state index is 11.4. The third-order valence-electron chi connectivity index (χ3n) is 5.15. The normalized spacial score (nSPS) is 12.8. The number of nitrogens with zero attached hydrogens (tertiary/aromatic N) is 1. The number of hydrogen-bond donors (Lipinski definition) is 1. The lowest BCUT2D eigenvalue weighted by Crippen LogP contribution is -2.05. The summed E-state index contributed by atoms with van der Waals surface area (Å²) in [6.07, 6.45) is 0.616. The van der Waals surface area contributed by atoms with E-state index in [1.807, 2.05) is 54.6 Å². The van der Waals surface area contributed by atoms with Crippen molar-refractivity contribution < 1.29 is 26.1 Å². The molecule has 0 amide bonds. The van der Waals surface area contributed by atoms with Gasteiger partial charge in [-0.05, 0) is 53.8 Å². The lowest BCUT2D eigenvalue weighted by molar-refractivity contribution is 0.316. The van der Waals surface area contributed by atoms with Crippen molar-refractivity contribution in [3.8, 4) is 17.0 Å². The molecule has 0 aliphatic rings. The largest absolute Gasteiger partial charge is 0.494 e. The molecule has 0 bridgehead atoms. The minimum absolute atomic E-state index is 0.418. The number of hydrogen-bond acceptors (Lipinski definition) is 6. The average molecular weight is 486 g/mol. The Balaban J connectivity index is 1.67. The first-order valence-electron chi connectivity index (χ1n) is 10.3. The molecule has 3 aromatic carbocycles. The first-order valence-corrected chi connectivity index (χ1v) is 13.1. The molecule has 0 spiro atoms. The van der Waals surface area contributed by atoms with Gasteiger partial charge in [-0.25, -0.2) is 9.19 Å². The van der Waals surface area contributed by atoms with Gasteiger partial charge in [-0.15, -0.1) is 0 Å². The Morgan fingerprint density at radius 1 is 0.970 bits per heavy atom. The highest BCUT2D eigenvalue weighted by atomic mass is 32.2. The Morgan fingerprint density at radius 3 is 2.45 bits per heavy atom. The van der Waals surface area contributed by atoms with Crippen molar-refractivity contribution >= 4 is 42.9 Å². The van der Waals surface area contributed by atoms with Crippen molar-refractivity contribution in [2.45, 2.75) is 12.2 Å². The van der Waals surface area contributed by atoms with Gasteiger partial charge in [0, 0.05) is 16.3 Å². The van der Waals surface area contributed by atoms with E-state index in [1.165, 1.54) is 7.11 Å². The molecule has 9 heteroatoms. The molecule has 1 N–H and O–H groups in total. The molecule has 0 saturated carbocycles. The quantitative estimate of drug-likeness (QED) is 0.211. The van der Waals surface area contributed by atoms with E-state index < -0.39 is 27.0 Å². The van der Waals surface area contributed by atoms with Crippen molar-refractivity contribution in [3.63, 3.8) is 0 Å².